The second-order valence-corrected chi connectivity index (χ2v) is 3.24. The fourth-order valence-corrected chi connectivity index (χ4v) is 1.11. The van der Waals surface area contributed by atoms with Gasteiger partial charge < -0.3 is 10.5 Å². The van der Waals surface area contributed by atoms with Gasteiger partial charge in [0.15, 0.2) is 5.11 Å². The lowest BCUT2D eigenvalue weighted by atomic mass is 10.2. The summed E-state index contributed by atoms with van der Waals surface area (Å²) >= 11 is 4.73. The summed E-state index contributed by atoms with van der Waals surface area (Å²) in [5, 5.41) is 1.48. The molecule has 5 heteroatoms. The number of hydrogen-bond donors (Lipinski definition) is 2. The molecule has 0 amide bonds. The molecule has 0 aliphatic heterocycles. The topological polar surface area (TPSA) is 64.5 Å². The molecule has 0 atom stereocenters. The van der Waals surface area contributed by atoms with E-state index in [1.165, 1.54) is 5.01 Å². The number of ether oxygens (including phenoxy) is 1. The van der Waals surface area contributed by atoms with E-state index in [1.807, 2.05) is 24.3 Å². The first-order valence-corrected chi connectivity index (χ1v) is 4.49. The van der Waals surface area contributed by atoms with Crippen LogP contribution in [-0.2, 0) is 6.54 Å². The molecular formula is C9H13N3OS. The molecule has 0 heterocycles. The van der Waals surface area contributed by atoms with Crippen molar-refractivity contribution in [3.05, 3.63) is 29.8 Å². The highest BCUT2D eigenvalue weighted by molar-refractivity contribution is 7.80. The molecular weight excluding hydrogens is 198 g/mol. The minimum atomic E-state index is 0.174. The molecule has 0 aromatic heterocycles. The van der Waals surface area contributed by atoms with Gasteiger partial charge in [-0.05, 0) is 29.9 Å². The van der Waals surface area contributed by atoms with E-state index in [4.69, 9.17) is 28.5 Å². The van der Waals surface area contributed by atoms with Gasteiger partial charge in [-0.3, -0.25) is 5.01 Å². The Kier molecular flexibility index (Phi) is 3.67. The van der Waals surface area contributed by atoms with Gasteiger partial charge in [0, 0.05) is 0 Å². The molecule has 14 heavy (non-hydrogen) atoms. The van der Waals surface area contributed by atoms with Crippen molar-refractivity contribution in [1.82, 2.24) is 5.01 Å². The number of nitrogens with zero attached hydrogens (tertiary/aromatic N) is 1. The third-order valence-electron chi connectivity index (χ3n) is 1.77. The Bertz CT molecular complexity index is 330. The van der Waals surface area contributed by atoms with Crippen molar-refractivity contribution in [3.63, 3.8) is 0 Å². The van der Waals surface area contributed by atoms with Crippen LogP contribution in [0.4, 0.5) is 0 Å². The van der Waals surface area contributed by atoms with Gasteiger partial charge in [-0.2, -0.15) is 0 Å². The number of thiocarbonyl (C=S) groups is 1. The van der Waals surface area contributed by atoms with E-state index < -0.39 is 0 Å². The van der Waals surface area contributed by atoms with Crippen molar-refractivity contribution in [2.45, 2.75) is 6.54 Å². The van der Waals surface area contributed by atoms with Crippen LogP contribution in [0.2, 0.25) is 0 Å². The second kappa shape index (κ2) is 4.78. The van der Waals surface area contributed by atoms with E-state index in [1.54, 1.807) is 7.11 Å². The Labute approximate surface area is 88.4 Å². The second-order valence-electron chi connectivity index (χ2n) is 2.82. The van der Waals surface area contributed by atoms with Crippen LogP contribution in [0.5, 0.6) is 5.75 Å². The average molecular weight is 211 g/mol. The van der Waals surface area contributed by atoms with Crippen LogP contribution in [-0.4, -0.2) is 17.2 Å². The van der Waals surface area contributed by atoms with Crippen LogP contribution in [0.1, 0.15) is 5.56 Å². The maximum Gasteiger partial charge on any atom is 0.180 e. The van der Waals surface area contributed by atoms with Crippen molar-refractivity contribution in [1.29, 1.82) is 0 Å². The van der Waals surface area contributed by atoms with Crippen LogP contribution in [0.3, 0.4) is 0 Å². The molecule has 1 rings (SSSR count). The molecule has 0 saturated carbocycles. The highest BCUT2D eigenvalue weighted by Crippen LogP contribution is 2.13. The predicted octanol–water partition coefficient (Wildman–Crippen LogP) is 0.615. The monoisotopic (exact) mass is 211 g/mol. The Morgan fingerprint density at radius 3 is 2.86 bits per heavy atom. The standard InChI is InChI=1S/C9H13N3OS/c1-13-8-4-2-3-7(5-8)6-12(11)9(10)14/h2-5H,6,11H2,1H3,(H2,10,14). The molecule has 0 radical (unpaired) electrons. The van der Waals surface area contributed by atoms with Gasteiger partial charge in [-0.25, -0.2) is 5.84 Å². The molecule has 0 fully saturated rings. The number of hydrazine groups is 1. The van der Waals surface area contributed by atoms with Crippen molar-refractivity contribution in [2.75, 3.05) is 7.11 Å². The Balaban J connectivity index is 2.71. The highest BCUT2D eigenvalue weighted by Gasteiger charge is 2.02. The van der Waals surface area contributed by atoms with Crippen molar-refractivity contribution < 1.29 is 4.74 Å². The van der Waals surface area contributed by atoms with Gasteiger partial charge in [0.1, 0.15) is 5.75 Å². The van der Waals surface area contributed by atoms with E-state index in [0.717, 1.165) is 11.3 Å². The number of methoxy groups -OCH3 is 1. The normalized spacial score (nSPS) is 9.57. The molecule has 0 unspecified atom stereocenters. The minimum absolute atomic E-state index is 0.174. The zero-order valence-corrected chi connectivity index (χ0v) is 8.75. The molecule has 4 N–H and O–H groups in total. The smallest absolute Gasteiger partial charge is 0.180 e. The Hall–Kier alpha value is -1.33. The zero-order chi connectivity index (χ0) is 10.6. The van der Waals surface area contributed by atoms with E-state index in [9.17, 15) is 0 Å². The third-order valence-corrected chi connectivity index (χ3v) is 2.00. The van der Waals surface area contributed by atoms with Gasteiger partial charge >= 0.3 is 0 Å². The lowest BCUT2D eigenvalue weighted by Crippen LogP contribution is -2.40. The summed E-state index contributed by atoms with van der Waals surface area (Å²) < 4.78 is 5.07. The van der Waals surface area contributed by atoms with E-state index in [-0.39, 0.29) is 5.11 Å². The van der Waals surface area contributed by atoms with Gasteiger partial charge in [-0.1, -0.05) is 12.1 Å². The van der Waals surface area contributed by atoms with Crippen molar-refractivity contribution in [3.8, 4) is 5.75 Å². The number of rotatable bonds is 3. The molecule has 76 valence electrons. The molecule has 0 aliphatic carbocycles. The summed E-state index contributed by atoms with van der Waals surface area (Å²) in [7, 11) is 1.62. The van der Waals surface area contributed by atoms with Gasteiger partial charge in [0.05, 0.1) is 13.7 Å². The highest BCUT2D eigenvalue weighted by atomic mass is 32.1. The van der Waals surface area contributed by atoms with Gasteiger partial charge in [-0.15, -0.1) is 0 Å². The minimum Gasteiger partial charge on any atom is -0.497 e. The SMILES string of the molecule is COc1cccc(CN(N)C(N)=S)c1. The van der Waals surface area contributed by atoms with Crippen LogP contribution < -0.4 is 16.3 Å². The predicted molar refractivity (Wildman–Crippen MR) is 59.5 cm³/mol. The molecule has 1 aromatic rings. The van der Waals surface area contributed by atoms with E-state index >= 15 is 0 Å². The van der Waals surface area contributed by atoms with Gasteiger partial charge in [0.2, 0.25) is 0 Å². The number of nitrogens with two attached hydrogens (primary N) is 2. The molecule has 4 nitrogen and oxygen atoms in total. The fourth-order valence-electron chi connectivity index (χ4n) is 1.05. The summed E-state index contributed by atoms with van der Waals surface area (Å²) in [5.74, 6) is 6.36. The van der Waals surface area contributed by atoms with Crippen molar-refractivity contribution >= 4 is 17.3 Å². The summed E-state index contributed by atoms with van der Waals surface area (Å²) in [6.45, 7) is 0.479. The largest absolute Gasteiger partial charge is 0.497 e. The molecule has 0 aliphatic rings. The van der Waals surface area contributed by atoms with E-state index in [2.05, 4.69) is 0 Å². The lowest BCUT2D eigenvalue weighted by molar-refractivity contribution is 0.409. The van der Waals surface area contributed by atoms with E-state index in [0.29, 0.717) is 6.54 Å². The molecule has 1 aromatic carbocycles. The van der Waals surface area contributed by atoms with Crippen LogP contribution in [0.25, 0.3) is 0 Å². The maximum atomic E-state index is 5.57. The molecule has 0 saturated heterocycles. The first-order chi connectivity index (χ1) is 6.63. The lowest BCUT2D eigenvalue weighted by Gasteiger charge is -2.16. The molecule has 0 bridgehead atoms. The first kappa shape index (κ1) is 10.7. The average Bonchev–Trinajstić information content (AvgIpc) is 2.18. The van der Waals surface area contributed by atoms with Crippen LogP contribution >= 0.6 is 12.2 Å². The first-order valence-electron chi connectivity index (χ1n) is 4.08. The maximum absolute atomic E-state index is 5.57. The number of benzene rings is 1. The Morgan fingerprint density at radius 1 is 1.57 bits per heavy atom. The quantitative estimate of drug-likeness (QED) is 0.436. The Morgan fingerprint density at radius 2 is 2.29 bits per heavy atom. The summed E-state index contributed by atoms with van der Waals surface area (Å²) in [6.07, 6.45) is 0. The van der Waals surface area contributed by atoms with Gasteiger partial charge in [0.25, 0.3) is 0 Å². The molecule has 0 spiro atoms. The van der Waals surface area contributed by atoms with Crippen molar-refractivity contribution in [2.24, 2.45) is 11.6 Å². The fraction of sp³-hybridized carbons (Fsp3) is 0.222. The summed E-state index contributed by atoms with van der Waals surface area (Å²) in [6, 6.07) is 7.57. The number of hydrogen-bond acceptors (Lipinski definition) is 3. The van der Waals surface area contributed by atoms with Crippen LogP contribution in [0.15, 0.2) is 24.3 Å². The summed E-state index contributed by atoms with van der Waals surface area (Å²) in [5.41, 5.74) is 6.36. The summed E-state index contributed by atoms with van der Waals surface area (Å²) in [4.78, 5) is 0. The van der Waals surface area contributed by atoms with Crippen LogP contribution in [0, 0.1) is 0 Å². The zero-order valence-electron chi connectivity index (χ0n) is 7.93. The third kappa shape index (κ3) is 2.86.